The first kappa shape index (κ1) is 24.4. The number of likely N-dealkylation sites (tertiary alicyclic amines) is 1. The molecule has 0 bridgehead atoms. The van der Waals surface area contributed by atoms with Gasteiger partial charge in [-0.15, -0.1) is 24.0 Å². The van der Waals surface area contributed by atoms with Crippen molar-refractivity contribution in [1.82, 2.24) is 25.3 Å². The van der Waals surface area contributed by atoms with Gasteiger partial charge < -0.3 is 10.6 Å². The molecule has 3 rings (SSSR count). The van der Waals surface area contributed by atoms with Gasteiger partial charge in [-0.05, 0) is 37.1 Å². The molecule has 0 aliphatic carbocycles. The topological polar surface area (TPSA) is 57.5 Å². The first-order valence-electron chi connectivity index (χ1n) is 9.75. The van der Waals surface area contributed by atoms with Crippen LogP contribution in [0.15, 0.2) is 41.5 Å². The Morgan fingerprint density at radius 3 is 2.57 bits per heavy atom. The van der Waals surface area contributed by atoms with Gasteiger partial charge in [-0.3, -0.25) is 9.58 Å². The molecule has 6 nitrogen and oxygen atoms in total. The summed E-state index contributed by atoms with van der Waals surface area (Å²) >= 11 is 0. The van der Waals surface area contributed by atoms with E-state index in [0.29, 0.717) is 13.1 Å². The van der Waals surface area contributed by atoms with Crippen LogP contribution in [0.2, 0.25) is 0 Å². The minimum Gasteiger partial charge on any atom is -0.357 e. The van der Waals surface area contributed by atoms with Gasteiger partial charge in [-0.1, -0.05) is 12.1 Å². The van der Waals surface area contributed by atoms with Gasteiger partial charge in [-0.25, -0.2) is 4.99 Å². The lowest BCUT2D eigenvalue weighted by Gasteiger charge is -2.19. The summed E-state index contributed by atoms with van der Waals surface area (Å²) in [6.07, 6.45) is -1.59. The summed E-state index contributed by atoms with van der Waals surface area (Å²) in [6, 6.07) is 7.60. The molecule has 1 aliphatic heterocycles. The molecule has 1 unspecified atom stereocenters. The van der Waals surface area contributed by atoms with Crippen LogP contribution in [-0.2, 0) is 26.3 Å². The normalized spacial score (nSPS) is 17.6. The number of hydrogen-bond acceptors (Lipinski definition) is 3. The Morgan fingerprint density at radius 1 is 1.23 bits per heavy atom. The molecule has 2 N–H and O–H groups in total. The lowest BCUT2D eigenvalue weighted by molar-refractivity contribution is -0.137. The SMILES string of the molecule is CCNC(=NCc1ccnn1C)NC1CCN(Cc2ccc(C(F)(F)F)cc2)C1.I. The minimum atomic E-state index is -4.29. The highest BCUT2D eigenvalue weighted by Crippen LogP contribution is 2.29. The van der Waals surface area contributed by atoms with Gasteiger partial charge in [0.15, 0.2) is 5.96 Å². The van der Waals surface area contributed by atoms with Crippen molar-refractivity contribution >= 4 is 29.9 Å². The molecule has 30 heavy (non-hydrogen) atoms. The lowest BCUT2D eigenvalue weighted by Crippen LogP contribution is -2.44. The number of halogens is 4. The molecule has 1 aromatic carbocycles. The molecule has 0 saturated carbocycles. The minimum absolute atomic E-state index is 0. The van der Waals surface area contributed by atoms with Gasteiger partial charge in [0.1, 0.15) is 0 Å². The first-order chi connectivity index (χ1) is 13.8. The third-order valence-electron chi connectivity index (χ3n) is 4.97. The number of alkyl halides is 3. The second kappa shape index (κ2) is 11.0. The summed E-state index contributed by atoms with van der Waals surface area (Å²) in [5.41, 5.74) is 1.30. The summed E-state index contributed by atoms with van der Waals surface area (Å²) in [5.74, 6) is 0.759. The van der Waals surface area contributed by atoms with Crippen LogP contribution in [0.4, 0.5) is 13.2 Å². The standard InChI is InChI=1S/C20H27F3N6.HI/c1-3-24-19(25-12-18-8-10-26-28(18)2)27-17-9-11-29(14-17)13-15-4-6-16(7-5-15)20(21,22)23;/h4-8,10,17H,3,9,11-14H2,1-2H3,(H2,24,25,27);1H. The number of hydrogen-bond donors (Lipinski definition) is 2. The Morgan fingerprint density at radius 2 is 1.97 bits per heavy atom. The number of nitrogens with zero attached hydrogens (tertiary/aromatic N) is 4. The second-order valence-corrected chi connectivity index (χ2v) is 7.20. The van der Waals surface area contributed by atoms with Crippen LogP contribution in [0, 0.1) is 0 Å². The molecule has 0 amide bonds. The van der Waals surface area contributed by atoms with Gasteiger partial charge in [0.05, 0.1) is 17.8 Å². The summed E-state index contributed by atoms with van der Waals surface area (Å²) in [6.45, 7) is 5.66. The molecule has 10 heteroatoms. The lowest BCUT2D eigenvalue weighted by atomic mass is 10.1. The Balaban J connectivity index is 0.00000320. The summed E-state index contributed by atoms with van der Waals surface area (Å²) in [5, 5.41) is 10.9. The Hall–Kier alpha value is -1.82. The van der Waals surface area contributed by atoms with Gasteiger partial charge in [0.25, 0.3) is 0 Å². The zero-order valence-corrected chi connectivity index (χ0v) is 19.4. The molecule has 0 spiro atoms. The van der Waals surface area contributed by atoms with Gasteiger partial charge in [0.2, 0.25) is 0 Å². The predicted octanol–water partition coefficient (Wildman–Crippen LogP) is 3.39. The maximum atomic E-state index is 12.7. The average molecular weight is 536 g/mol. The molecule has 2 aromatic rings. The molecule has 2 heterocycles. The summed E-state index contributed by atoms with van der Waals surface area (Å²) in [4.78, 5) is 6.87. The summed E-state index contributed by atoms with van der Waals surface area (Å²) < 4.78 is 39.9. The number of aliphatic imine (C=N–C) groups is 1. The molecule has 1 aliphatic rings. The second-order valence-electron chi connectivity index (χ2n) is 7.20. The number of aromatic nitrogens is 2. The first-order valence-corrected chi connectivity index (χ1v) is 9.75. The van der Waals surface area contributed by atoms with Crippen molar-refractivity contribution in [2.45, 2.75) is 38.7 Å². The van der Waals surface area contributed by atoms with Crippen molar-refractivity contribution in [2.24, 2.45) is 12.0 Å². The van der Waals surface area contributed by atoms with Crippen LogP contribution in [-0.4, -0.2) is 46.3 Å². The number of aryl methyl sites for hydroxylation is 1. The van der Waals surface area contributed by atoms with E-state index in [1.165, 1.54) is 0 Å². The number of rotatable bonds is 6. The van der Waals surface area contributed by atoms with Gasteiger partial charge in [-0.2, -0.15) is 18.3 Å². The van der Waals surface area contributed by atoms with Crippen molar-refractivity contribution in [1.29, 1.82) is 0 Å². The van der Waals surface area contributed by atoms with E-state index in [1.54, 1.807) is 23.0 Å². The van der Waals surface area contributed by atoms with E-state index in [-0.39, 0.29) is 30.0 Å². The van der Waals surface area contributed by atoms with E-state index in [1.807, 2.05) is 20.0 Å². The van der Waals surface area contributed by atoms with Crippen molar-refractivity contribution < 1.29 is 13.2 Å². The fourth-order valence-corrected chi connectivity index (χ4v) is 3.38. The molecule has 0 radical (unpaired) electrons. The highest BCUT2D eigenvalue weighted by Gasteiger charge is 2.30. The molecule has 1 fully saturated rings. The summed E-state index contributed by atoms with van der Waals surface area (Å²) in [7, 11) is 1.89. The third kappa shape index (κ3) is 6.86. The molecule has 1 aromatic heterocycles. The fourth-order valence-electron chi connectivity index (χ4n) is 3.38. The highest BCUT2D eigenvalue weighted by molar-refractivity contribution is 14.0. The number of guanidine groups is 1. The number of benzene rings is 1. The van der Waals surface area contributed by atoms with E-state index >= 15 is 0 Å². The molecule has 1 atom stereocenters. The van der Waals surface area contributed by atoms with Gasteiger partial charge >= 0.3 is 6.18 Å². The fraction of sp³-hybridized carbons (Fsp3) is 0.500. The third-order valence-corrected chi connectivity index (χ3v) is 4.97. The maximum Gasteiger partial charge on any atom is 0.416 e. The van der Waals surface area contributed by atoms with Crippen molar-refractivity contribution in [3.05, 3.63) is 53.3 Å². The zero-order valence-electron chi connectivity index (χ0n) is 17.1. The quantitative estimate of drug-likeness (QED) is 0.338. The van der Waals surface area contributed by atoms with Crippen LogP contribution in [0.3, 0.4) is 0 Å². The van der Waals surface area contributed by atoms with Crippen molar-refractivity contribution in [3.63, 3.8) is 0 Å². The van der Waals surface area contributed by atoms with E-state index in [9.17, 15) is 13.2 Å². The van der Waals surface area contributed by atoms with E-state index in [4.69, 9.17) is 0 Å². The Labute approximate surface area is 191 Å². The predicted molar refractivity (Wildman–Crippen MR) is 122 cm³/mol. The number of nitrogens with one attached hydrogen (secondary N) is 2. The Bertz CT molecular complexity index is 819. The largest absolute Gasteiger partial charge is 0.416 e. The zero-order chi connectivity index (χ0) is 20.9. The van der Waals surface area contributed by atoms with E-state index in [2.05, 4.69) is 25.6 Å². The van der Waals surface area contributed by atoms with Crippen LogP contribution in [0.1, 0.15) is 30.2 Å². The van der Waals surface area contributed by atoms with Crippen LogP contribution < -0.4 is 10.6 Å². The molecule has 1 saturated heterocycles. The smallest absolute Gasteiger partial charge is 0.357 e. The average Bonchev–Trinajstić information content (AvgIpc) is 3.28. The van der Waals surface area contributed by atoms with Gasteiger partial charge in [0, 0.05) is 45.5 Å². The molecular weight excluding hydrogens is 508 g/mol. The van der Waals surface area contributed by atoms with E-state index in [0.717, 1.165) is 55.4 Å². The molecule has 166 valence electrons. The van der Waals surface area contributed by atoms with Crippen LogP contribution >= 0.6 is 24.0 Å². The van der Waals surface area contributed by atoms with Crippen molar-refractivity contribution in [2.75, 3.05) is 19.6 Å². The highest BCUT2D eigenvalue weighted by atomic mass is 127. The van der Waals surface area contributed by atoms with Crippen LogP contribution in [0.25, 0.3) is 0 Å². The monoisotopic (exact) mass is 536 g/mol. The maximum absolute atomic E-state index is 12.7. The molecular formula is C20H28F3IN6. The van der Waals surface area contributed by atoms with Crippen molar-refractivity contribution in [3.8, 4) is 0 Å². The van der Waals surface area contributed by atoms with Crippen LogP contribution in [0.5, 0.6) is 0 Å². The van der Waals surface area contributed by atoms with E-state index < -0.39 is 11.7 Å². The Kier molecular flexibility index (Phi) is 8.95.